The fourth-order valence-electron chi connectivity index (χ4n) is 3.13. The molecule has 0 heterocycles. The van der Waals surface area contributed by atoms with E-state index in [0.29, 0.717) is 16.3 Å². The largest absolute Gasteiger partial charge is 0.459 e. The Morgan fingerprint density at radius 3 is 2.31 bits per heavy atom. The Bertz CT molecular complexity index is 1320. The predicted octanol–water partition coefficient (Wildman–Crippen LogP) is 5.56. The highest BCUT2D eigenvalue weighted by molar-refractivity contribution is 7.92. The molecule has 166 valence electrons. The smallest absolute Gasteiger partial charge is 0.327 e. The van der Waals surface area contributed by atoms with Crippen molar-refractivity contribution < 1.29 is 17.9 Å². The van der Waals surface area contributed by atoms with Gasteiger partial charge in [0.05, 0.1) is 22.2 Å². The number of fused-ring (bicyclic) bond motifs is 1. The Morgan fingerprint density at radius 1 is 1.06 bits per heavy atom. The van der Waals surface area contributed by atoms with Crippen molar-refractivity contribution in [2.24, 2.45) is 0 Å². The molecule has 0 radical (unpaired) electrons. The molecule has 0 spiro atoms. The second-order valence-corrected chi connectivity index (χ2v) is 10.8. The van der Waals surface area contributed by atoms with Crippen molar-refractivity contribution in [1.29, 1.82) is 5.26 Å². The quantitative estimate of drug-likeness (QED) is 0.437. The van der Waals surface area contributed by atoms with Gasteiger partial charge in [-0.15, -0.1) is 0 Å². The summed E-state index contributed by atoms with van der Waals surface area (Å²) >= 11 is 12.0. The first-order valence-corrected chi connectivity index (χ1v) is 11.7. The van der Waals surface area contributed by atoms with E-state index in [1.165, 1.54) is 24.3 Å². The van der Waals surface area contributed by atoms with Crippen molar-refractivity contribution in [3.05, 3.63) is 70.2 Å². The highest BCUT2D eigenvalue weighted by atomic mass is 35.5. The van der Waals surface area contributed by atoms with Gasteiger partial charge in [0.2, 0.25) is 0 Å². The summed E-state index contributed by atoms with van der Waals surface area (Å²) in [5, 5.41) is 10.9. The van der Waals surface area contributed by atoms with Crippen molar-refractivity contribution in [1.82, 2.24) is 0 Å². The molecule has 0 aliphatic rings. The molecule has 3 aromatic carbocycles. The van der Waals surface area contributed by atoms with Crippen LogP contribution >= 0.6 is 23.2 Å². The molecule has 0 saturated carbocycles. The van der Waals surface area contributed by atoms with E-state index >= 15 is 0 Å². The third kappa shape index (κ3) is 5.33. The van der Waals surface area contributed by atoms with Gasteiger partial charge < -0.3 is 4.74 Å². The number of ether oxygens (including phenoxy) is 1. The molecule has 3 aromatic rings. The summed E-state index contributed by atoms with van der Waals surface area (Å²) in [7, 11) is -4.24. The number of sulfonamides is 1. The summed E-state index contributed by atoms with van der Waals surface area (Å²) in [4.78, 5) is 12.4. The molecule has 0 amide bonds. The number of esters is 1. The minimum atomic E-state index is -4.24. The second-order valence-electron chi connectivity index (χ2n) is 8.03. The summed E-state index contributed by atoms with van der Waals surface area (Å²) in [5.74, 6) is -0.722. The van der Waals surface area contributed by atoms with E-state index in [1.54, 1.807) is 51.1 Å². The number of benzene rings is 3. The van der Waals surface area contributed by atoms with Gasteiger partial charge in [0.1, 0.15) is 12.1 Å². The van der Waals surface area contributed by atoms with Crippen molar-refractivity contribution in [2.45, 2.75) is 31.3 Å². The van der Waals surface area contributed by atoms with Gasteiger partial charge in [-0.3, -0.25) is 9.10 Å². The zero-order chi connectivity index (χ0) is 23.7. The Balaban J connectivity index is 2.15. The first-order valence-electron chi connectivity index (χ1n) is 9.54. The number of halogens is 2. The van der Waals surface area contributed by atoms with Gasteiger partial charge in [-0.2, -0.15) is 5.26 Å². The lowest BCUT2D eigenvalue weighted by molar-refractivity contribution is -0.152. The first kappa shape index (κ1) is 23.9. The van der Waals surface area contributed by atoms with Gasteiger partial charge in [0, 0.05) is 10.0 Å². The van der Waals surface area contributed by atoms with Crippen LogP contribution in [0.1, 0.15) is 26.3 Å². The van der Waals surface area contributed by atoms with Gasteiger partial charge in [0.25, 0.3) is 10.0 Å². The highest BCUT2D eigenvalue weighted by Crippen LogP contribution is 2.31. The predicted molar refractivity (Wildman–Crippen MR) is 126 cm³/mol. The number of hydrogen-bond acceptors (Lipinski definition) is 5. The molecule has 0 aliphatic carbocycles. The van der Waals surface area contributed by atoms with Crippen LogP contribution in [0.5, 0.6) is 0 Å². The molecule has 9 heteroatoms. The van der Waals surface area contributed by atoms with Gasteiger partial charge in [-0.1, -0.05) is 41.4 Å². The van der Waals surface area contributed by atoms with E-state index in [1.807, 2.05) is 0 Å². The maximum absolute atomic E-state index is 13.5. The van der Waals surface area contributed by atoms with E-state index < -0.39 is 28.1 Å². The Kier molecular flexibility index (Phi) is 6.70. The average Bonchev–Trinajstić information content (AvgIpc) is 2.69. The fourth-order valence-corrected chi connectivity index (χ4v) is 5.26. The third-order valence-electron chi connectivity index (χ3n) is 4.39. The summed E-state index contributed by atoms with van der Waals surface area (Å²) < 4.78 is 33.4. The van der Waals surface area contributed by atoms with Crippen LogP contribution in [0.4, 0.5) is 5.69 Å². The van der Waals surface area contributed by atoms with Gasteiger partial charge >= 0.3 is 5.97 Å². The molecule has 0 atom stereocenters. The van der Waals surface area contributed by atoms with Crippen LogP contribution in [0.25, 0.3) is 10.8 Å². The minimum absolute atomic E-state index is 0.144. The standard InChI is InChI=1S/C23H20Cl2N2O4S/c1-23(2,3)31-22(28)14-27(32(29,30)20-11-17(24)10-18(25)12-20)19-7-8-21-15(9-19)5-4-6-16(21)13-26/h4-12H,14H2,1-3H3. The normalized spacial score (nSPS) is 11.8. The van der Waals surface area contributed by atoms with Crippen molar-refractivity contribution >= 4 is 55.7 Å². The lowest BCUT2D eigenvalue weighted by Gasteiger charge is -2.26. The Morgan fingerprint density at radius 2 is 1.72 bits per heavy atom. The van der Waals surface area contributed by atoms with Crippen LogP contribution < -0.4 is 4.31 Å². The molecule has 0 bridgehead atoms. The monoisotopic (exact) mass is 490 g/mol. The van der Waals surface area contributed by atoms with E-state index in [2.05, 4.69) is 6.07 Å². The number of anilines is 1. The van der Waals surface area contributed by atoms with Gasteiger partial charge in [-0.05, 0) is 67.9 Å². The summed E-state index contributed by atoms with van der Waals surface area (Å²) in [6.07, 6.45) is 0. The molecule has 0 unspecified atom stereocenters. The first-order chi connectivity index (χ1) is 14.9. The zero-order valence-electron chi connectivity index (χ0n) is 17.6. The topological polar surface area (TPSA) is 87.5 Å². The molecule has 3 rings (SSSR count). The number of rotatable bonds is 5. The van der Waals surface area contributed by atoms with Crippen LogP contribution in [0, 0.1) is 11.3 Å². The zero-order valence-corrected chi connectivity index (χ0v) is 19.9. The maximum atomic E-state index is 13.5. The highest BCUT2D eigenvalue weighted by Gasteiger charge is 2.30. The molecule has 0 aromatic heterocycles. The number of nitriles is 1. The average molecular weight is 491 g/mol. The summed E-state index contributed by atoms with van der Waals surface area (Å²) in [6, 6.07) is 16.0. The lowest BCUT2D eigenvalue weighted by atomic mass is 10.0. The van der Waals surface area contributed by atoms with Crippen LogP contribution in [0.15, 0.2) is 59.5 Å². The maximum Gasteiger partial charge on any atom is 0.327 e. The lowest BCUT2D eigenvalue weighted by Crippen LogP contribution is -2.39. The van der Waals surface area contributed by atoms with Crippen molar-refractivity contribution in [2.75, 3.05) is 10.8 Å². The minimum Gasteiger partial charge on any atom is -0.459 e. The SMILES string of the molecule is CC(C)(C)OC(=O)CN(c1ccc2c(C#N)cccc2c1)S(=O)(=O)c1cc(Cl)cc(Cl)c1. The van der Waals surface area contributed by atoms with E-state index in [-0.39, 0.29) is 20.6 Å². The Labute approximate surface area is 197 Å². The molecule has 0 N–H and O–H groups in total. The molecule has 0 aliphatic heterocycles. The molecule has 0 saturated heterocycles. The number of nitrogens with zero attached hydrogens (tertiary/aromatic N) is 2. The summed E-state index contributed by atoms with van der Waals surface area (Å²) in [5.41, 5.74) is -0.108. The summed E-state index contributed by atoms with van der Waals surface area (Å²) in [6.45, 7) is 4.52. The van der Waals surface area contributed by atoms with Crippen LogP contribution in [0.2, 0.25) is 10.0 Å². The molecular weight excluding hydrogens is 471 g/mol. The molecule has 0 fully saturated rings. The molecular formula is C23H20Cl2N2O4S. The van der Waals surface area contributed by atoms with Gasteiger partial charge in [-0.25, -0.2) is 8.42 Å². The van der Waals surface area contributed by atoms with Crippen LogP contribution in [0.3, 0.4) is 0 Å². The second kappa shape index (κ2) is 8.99. The van der Waals surface area contributed by atoms with E-state index in [0.717, 1.165) is 4.31 Å². The van der Waals surface area contributed by atoms with Crippen LogP contribution in [-0.2, 0) is 19.6 Å². The Hall–Kier alpha value is -2.79. The van der Waals surface area contributed by atoms with Gasteiger partial charge in [0.15, 0.2) is 0 Å². The van der Waals surface area contributed by atoms with Crippen LogP contribution in [-0.4, -0.2) is 26.5 Å². The van der Waals surface area contributed by atoms with Crippen molar-refractivity contribution in [3.63, 3.8) is 0 Å². The van der Waals surface area contributed by atoms with Crippen molar-refractivity contribution in [3.8, 4) is 6.07 Å². The number of hydrogen-bond donors (Lipinski definition) is 0. The molecule has 32 heavy (non-hydrogen) atoms. The van der Waals surface area contributed by atoms with E-state index in [4.69, 9.17) is 27.9 Å². The van der Waals surface area contributed by atoms with E-state index in [9.17, 15) is 18.5 Å². The number of carbonyl (C=O) groups is 1. The third-order valence-corrected chi connectivity index (χ3v) is 6.58. The fraction of sp³-hybridized carbons (Fsp3) is 0.217. The molecule has 6 nitrogen and oxygen atoms in total. The number of carbonyl (C=O) groups excluding carboxylic acids is 1.